The number of halogens is 3. The molecular formula is C16H16BrCl2NO2. The van der Waals surface area contributed by atoms with Crippen molar-refractivity contribution in [2.45, 2.75) is 13.5 Å². The second-order valence-corrected chi connectivity index (χ2v) is 6.28. The molecule has 0 unspecified atom stereocenters. The maximum absolute atomic E-state index is 5.99. The van der Waals surface area contributed by atoms with E-state index in [1.54, 1.807) is 13.2 Å². The Kier molecular flexibility index (Phi) is 6.24. The first-order valence-electron chi connectivity index (χ1n) is 6.72. The Morgan fingerprint density at radius 3 is 2.36 bits per heavy atom. The molecule has 3 nitrogen and oxygen atoms in total. The van der Waals surface area contributed by atoms with Crippen LogP contribution in [-0.2, 0) is 6.54 Å². The van der Waals surface area contributed by atoms with Crippen LogP contribution in [0.25, 0.3) is 0 Å². The molecule has 0 bridgehead atoms. The largest absolute Gasteiger partial charge is 0.492 e. The van der Waals surface area contributed by atoms with Crippen molar-refractivity contribution in [2.75, 3.05) is 19.0 Å². The molecule has 22 heavy (non-hydrogen) atoms. The van der Waals surface area contributed by atoms with Crippen molar-refractivity contribution < 1.29 is 9.47 Å². The van der Waals surface area contributed by atoms with Gasteiger partial charge in [0.2, 0.25) is 0 Å². The second-order valence-electron chi connectivity index (χ2n) is 4.55. The molecule has 0 radical (unpaired) electrons. The van der Waals surface area contributed by atoms with Crippen LogP contribution in [0.2, 0.25) is 10.0 Å². The fourth-order valence-electron chi connectivity index (χ4n) is 2.04. The van der Waals surface area contributed by atoms with Crippen LogP contribution in [0, 0.1) is 0 Å². The monoisotopic (exact) mass is 403 g/mol. The molecule has 0 amide bonds. The van der Waals surface area contributed by atoms with E-state index in [0.717, 1.165) is 15.7 Å². The Hall–Kier alpha value is -1.10. The first-order chi connectivity index (χ1) is 10.5. The van der Waals surface area contributed by atoms with E-state index in [4.69, 9.17) is 32.7 Å². The Balaban J connectivity index is 2.18. The van der Waals surface area contributed by atoms with E-state index in [2.05, 4.69) is 21.2 Å². The van der Waals surface area contributed by atoms with Gasteiger partial charge in [0, 0.05) is 22.3 Å². The summed E-state index contributed by atoms with van der Waals surface area (Å²) in [6, 6.07) is 9.29. The van der Waals surface area contributed by atoms with Crippen LogP contribution >= 0.6 is 39.1 Å². The molecule has 6 heteroatoms. The Bertz CT molecular complexity index is 645. The Morgan fingerprint density at radius 1 is 1.09 bits per heavy atom. The summed E-state index contributed by atoms with van der Waals surface area (Å²) in [4.78, 5) is 0. The number of nitrogens with one attached hydrogen (secondary N) is 1. The molecule has 2 aromatic rings. The summed E-state index contributed by atoms with van der Waals surface area (Å²) in [5.41, 5.74) is 1.91. The predicted molar refractivity (Wildman–Crippen MR) is 95.7 cm³/mol. The topological polar surface area (TPSA) is 30.5 Å². The molecule has 0 atom stereocenters. The van der Waals surface area contributed by atoms with Gasteiger partial charge in [0.05, 0.1) is 18.2 Å². The zero-order chi connectivity index (χ0) is 16.1. The summed E-state index contributed by atoms with van der Waals surface area (Å²) >= 11 is 15.5. The molecule has 0 aromatic heterocycles. The van der Waals surface area contributed by atoms with E-state index in [1.165, 1.54) is 0 Å². The molecule has 118 valence electrons. The average molecular weight is 405 g/mol. The zero-order valence-corrected chi connectivity index (χ0v) is 15.3. The van der Waals surface area contributed by atoms with E-state index in [0.29, 0.717) is 34.7 Å². The third kappa shape index (κ3) is 4.45. The van der Waals surface area contributed by atoms with Gasteiger partial charge in [-0.15, -0.1) is 0 Å². The number of anilines is 1. The fourth-order valence-corrected chi connectivity index (χ4v) is 3.22. The lowest BCUT2D eigenvalue weighted by Crippen LogP contribution is -2.02. The van der Waals surface area contributed by atoms with Crippen molar-refractivity contribution >= 4 is 44.8 Å². The molecule has 2 rings (SSSR count). The van der Waals surface area contributed by atoms with Gasteiger partial charge < -0.3 is 14.8 Å². The maximum atomic E-state index is 5.99. The van der Waals surface area contributed by atoms with Crippen LogP contribution in [0.1, 0.15) is 12.5 Å². The Labute approximate surface area is 148 Å². The van der Waals surface area contributed by atoms with E-state index in [-0.39, 0.29) is 0 Å². The normalized spacial score (nSPS) is 10.4. The molecule has 0 heterocycles. The fraction of sp³-hybridized carbons (Fsp3) is 0.250. The van der Waals surface area contributed by atoms with Crippen LogP contribution in [0.3, 0.4) is 0 Å². The molecule has 0 aliphatic carbocycles. The highest BCUT2D eigenvalue weighted by Crippen LogP contribution is 2.36. The van der Waals surface area contributed by atoms with E-state index < -0.39 is 0 Å². The number of rotatable bonds is 6. The van der Waals surface area contributed by atoms with Crippen molar-refractivity contribution in [1.82, 2.24) is 0 Å². The molecule has 0 spiro atoms. The number of hydrogen-bond donors (Lipinski definition) is 1. The third-order valence-electron chi connectivity index (χ3n) is 2.93. The van der Waals surface area contributed by atoms with E-state index in [9.17, 15) is 0 Å². The van der Waals surface area contributed by atoms with Crippen molar-refractivity contribution in [3.63, 3.8) is 0 Å². The van der Waals surface area contributed by atoms with Crippen LogP contribution in [0.15, 0.2) is 34.8 Å². The maximum Gasteiger partial charge on any atom is 0.174 e. The molecule has 0 saturated heterocycles. The highest BCUT2D eigenvalue weighted by Gasteiger charge is 2.11. The van der Waals surface area contributed by atoms with Crippen molar-refractivity contribution in [2.24, 2.45) is 0 Å². The van der Waals surface area contributed by atoms with Gasteiger partial charge in [0.1, 0.15) is 0 Å². The van der Waals surface area contributed by atoms with E-state index >= 15 is 0 Å². The Morgan fingerprint density at radius 2 is 1.77 bits per heavy atom. The highest BCUT2D eigenvalue weighted by atomic mass is 79.9. The lowest BCUT2D eigenvalue weighted by molar-refractivity contribution is 0.309. The zero-order valence-electron chi connectivity index (χ0n) is 12.3. The minimum absolute atomic E-state index is 0.573. The van der Waals surface area contributed by atoms with Gasteiger partial charge in [-0.1, -0.05) is 23.2 Å². The van der Waals surface area contributed by atoms with E-state index in [1.807, 2.05) is 31.2 Å². The standard InChI is InChI=1S/C16H16BrCl2NO2/c1-3-22-15-5-10(4-14(17)16(15)21-2)9-20-13-7-11(18)6-12(19)8-13/h4-8,20H,3,9H2,1-2H3. The smallest absolute Gasteiger partial charge is 0.174 e. The number of methoxy groups -OCH3 is 1. The minimum atomic E-state index is 0.573. The van der Waals surface area contributed by atoms with Gasteiger partial charge in [0.25, 0.3) is 0 Å². The van der Waals surface area contributed by atoms with Gasteiger partial charge >= 0.3 is 0 Å². The van der Waals surface area contributed by atoms with Gasteiger partial charge in [0.15, 0.2) is 11.5 Å². The van der Waals surface area contributed by atoms with Crippen molar-refractivity contribution in [1.29, 1.82) is 0 Å². The number of ether oxygens (including phenoxy) is 2. The van der Waals surface area contributed by atoms with Gasteiger partial charge in [-0.3, -0.25) is 0 Å². The summed E-state index contributed by atoms with van der Waals surface area (Å²) in [5, 5.41) is 4.49. The molecule has 0 aliphatic rings. The van der Waals surface area contributed by atoms with Crippen LogP contribution < -0.4 is 14.8 Å². The van der Waals surface area contributed by atoms with Crippen molar-refractivity contribution in [3.05, 3.63) is 50.4 Å². The van der Waals surface area contributed by atoms with Crippen molar-refractivity contribution in [3.8, 4) is 11.5 Å². The van der Waals surface area contributed by atoms with Crippen LogP contribution in [-0.4, -0.2) is 13.7 Å². The lowest BCUT2D eigenvalue weighted by atomic mass is 10.2. The average Bonchev–Trinajstić information content (AvgIpc) is 2.44. The summed E-state index contributed by atoms with van der Waals surface area (Å²) in [6.07, 6.45) is 0. The summed E-state index contributed by atoms with van der Waals surface area (Å²) in [5.74, 6) is 1.40. The SMILES string of the molecule is CCOc1cc(CNc2cc(Cl)cc(Cl)c2)cc(Br)c1OC. The molecular weight excluding hydrogens is 389 g/mol. The predicted octanol–water partition coefficient (Wildman–Crippen LogP) is 5.78. The summed E-state index contributed by atoms with van der Waals surface area (Å²) in [6.45, 7) is 3.12. The van der Waals surface area contributed by atoms with Gasteiger partial charge in [-0.2, -0.15) is 0 Å². The van der Waals surface area contributed by atoms with Gasteiger partial charge in [-0.05, 0) is 58.7 Å². The lowest BCUT2D eigenvalue weighted by Gasteiger charge is -2.14. The number of hydrogen-bond acceptors (Lipinski definition) is 3. The first-order valence-corrected chi connectivity index (χ1v) is 8.27. The quantitative estimate of drug-likeness (QED) is 0.662. The minimum Gasteiger partial charge on any atom is -0.492 e. The second kappa shape index (κ2) is 7.95. The molecule has 2 aromatic carbocycles. The van der Waals surface area contributed by atoms with Gasteiger partial charge in [-0.25, -0.2) is 0 Å². The van der Waals surface area contributed by atoms with Crippen LogP contribution in [0.5, 0.6) is 11.5 Å². The number of benzene rings is 2. The highest BCUT2D eigenvalue weighted by molar-refractivity contribution is 9.10. The summed E-state index contributed by atoms with van der Waals surface area (Å²) in [7, 11) is 1.62. The first kappa shape index (κ1) is 17.3. The molecule has 0 aliphatic heterocycles. The molecule has 0 fully saturated rings. The molecule has 1 N–H and O–H groups in total. The third-order valence-corrected chi connectivity index (χ3v) is 3.96. The molecule has 0 saturated carbocycles. The van der Waals surface area contributed by atoms with Crippen LogP contribution in [0.4, 0.5) is 5.69 Å². The summed E-state index contributed by atoms with van der Waals surface area (Å²) < 4.78 is 11.8.